The third kappa shape index (κ3) is 3.69. The van der Waals surface area contributed by atoms with Gasteiger partial charge >= 0.3 is 0 Å². The lowest BCUT2D eigenvalue weighted by molar-refractivity contribution is 1.12. The van der Waals surface area contributed by atoms with Gasteiger partial charge < -0.3 is 0 Å². The molecule has 0 aliphatic heterocycles. The Morgan fingerprint density at radius 3 is 0.852 bits per heavy atom. The Bertz CT molecular complexity index is 917. The summed E-state index contributed by atoms with van der Waals surface area (Å²) >= 11 is 0. The van der Waals surface area contributed by atoms with Crippen LogP contribution >= 0.6 is 0 Å². The van der Waals surface area contributed by atoms with Crippen LogP contribution in [0.5, 0.6) is 0 Å². The van der Waals surface area contributed by atoms with Gasteiger partial charge in [-0.25, -0.2) is 29.9 Å². The summed E-state index contributed by atoms with van der Waals surface area (Å²) in [4.78, 5) is 26.7. The minimum absolute atomic E-state index is 0.642. The molecule has 0 saturated heterocycles. The standard InChI is InChI=1S/C21H18N6/c1-13-7-22-19(23-8-13)16-4-17(20-24-9-14(2)10-25-20)6-18(5-16)21-26-11-15(3)12-27-21/h4-12H,1-3H3. The molecule has 0 aliphatic carbocycles. The second-order valence-corrected chi connectivity index (χ2v) is 6.55. The molecule has 3 aromatic heterocycles. The molecule has 0 amide bonds. The molecule has 0 unspecified atom stereocenters. The van der Waals surface area contributed by atoms with Crippen LogP contribution in [0.25, 0.3) is 34.2 Å². The molecule has 6 heteroatoms. The summed E-state index contributed by atoms with van der Waals surface area (Å²) in [7, 11) is 0. The first-order valence-corrected chi connectivity index (χ1v) is 8.60. The van der Waals surface area contributed by atoms with Crippen molar-refractivity contribution in [2.75, 3.05) is 0 Å². The first-order valence-electron chi connectivity index (χ1n) is 8.60. The maximum absolute atomic E-state index is 4.45. The lowest BCUT2D eigenvalue weighted by Crippen LogP contribution is -1.96. The molecule has 1 aromatic carbocycles. The van der Waals surface area contributed by atoms with Crippen molar-refractivity contribution >= 4 is 0 Å². The maximum Gasteiger partial charge on any atom is 0.159 e. The molecule has 3 heterocycles. The van der Waals surface area contributed by atoms with Crippen molar-refractivity contribution in [1.82, 2.24) is 29.9 Å². The summed E-state index contributed by atoms with van der Waals surface area (Å²) in [6.07, 6.45) is 10.8. The van der Waals surface area contributed by atoms with E-state index in [9.17, 15) is 0 Å². The monoisotopic (exact) mass is 354 g/mol. The van der Waals surface area contributed by atoms with Crippen LogP contribution in [-0.2, 0) is 0 Å². The Labute approximate surface area is 157 Å². The van der Waals surface area contributed by atoms with Crippen LogP contribution in [0.1, 0.15) is 16.7 Å². The zero-order chi connectivity index (χ0) is 18.8. The Morgan fingerprint density at radius 1 is 0.407 bits per heavy atom. The number of aryl methyl sites for hydroxylation is 3. The molecule has 0 saturated carbocycles. The van der Waals surface area contributed by atoms with E-state index in [1.165, 1.54) is 0 Å². The van der Waals surface area contributed by atoms with Gasteiger partial charge in [0.15, 0.2) is 17.5 Å². The van der Waals surface area contributed by atoms with Crippen LogP contribution < -0.4 is 0 Å². The largest absolute Gasteiger partial charge is 0.236 e. The molecular formula is C21H18N6. The number of hydrogen-bond acceptors (Lipinski definition) is 6. The average Bonchev–Trinajstić information content (AvgIpc) is 2.69. The van der Waals surface area contributed by atoms with Crippen LogP contribution in [0, 0.1) is 20.8 Å². The highest BCUT2D eigenvalue weighted by Gasteiger charge is 2.12. The summed E-state index contributed by atoms with van der Waals surface area (Å²) in [5, 5.41) is 0. The van der Waals surface area contributed by atoms with Gasteiger partial charge in [-0.15, -0.1) is 0 Å². The third-order valence-corrected chi connectivity index (χ3v) is 4.05. The van der Waals surface area contributed by atoms with Crippen molar-refractivity contribution < 1.29 is 0 Å². The first-order chi connectivity index (χ1) is 13.1. The maximum atomic E-state index is 4.45. The van der Waals surface area contributed by atoms with Crippen molar-refractivity contribution in [3.63, 3.8) is 0 Å². The van der Waals surface area contributed by atoms with Gasteiger partial charge in [0.1, 0.15) is 0 Å². The molecule has 132 valence electrons. The van der Waals surface area contributed by atoms with Gasteiger partial charge in [0.25, 0.3) is 0 Å². The molecule has 0 radical (unpaired) electrons. The molecule has 4 rings (SSSR count). The van der Waals surface area contributed by atoms with Gasteiger partial charge in [-0.1, -0.05) is 0 Å². The predicted molar refractivity (Wildman–Crippen MR) is 104 cm³/mol. The van der Waals surface area contributed by atoms with Gasteiger partial charge in [-0.2, -0.15) is 0 Å². The van der Waals surface area contributed by atoms with Gasteiger partial charge in [0.2, 0.25) is 0 Å². The fourth-order valence-electron chi connectivity index (χ4n) is 2.64. The van der Waals surface area contributed by atoms with Gasteiger partial charge in [0.05, 0.1) is 0 Å². The normalized spacial score (nSPS) is 10.8. The van der Waals surface area contributed by atoms with Crippen LogP contribution in [0.3, 0.4) is 0 Å². The highest BCUT2D eigenvalue weighted by Crippen LogP contribution is 2.28. The van der Waals surface area contributed by atoms with E-state index in [-0.39, 0.29) is 0 Å². The van der Waals surface area contributed by atoms with Crippen LogP contribution in [0.15, 0.2) is 55.4 Å². The van der Waals surface area contributed by atoms with E-state index in [0.29, 0.717) is 17.5 Å². The second kappa shape index (κ2) is 6.99. The average molecular weight is 354 g/mol. The van der Waals surface area contributed by atoms with Gasteiger partial charge in [-0.05, 0) is 55.7 Å². The second-order valence-electron chi connectivity index (χ2n) is 6.55. The summed E-state index contributed by atoms with van der Waals surface area (Å²) in [5.41, 5.74) is 5.65. The fraction of sp³-hybridized carbons (Fsp3) is 0.143. The SMILES string of the molecule is Cc1cnc(-c2cc(-c3ncc(C)cn3)cc(-c3ncc(C)cn3)c2)nc1. The smallest absolute Gasteiger partial charge is 0.159 e. The Hall–Kier alpha value is -3.54. The molecular weight excluding hydrogens is 336 g/mol. The zero-order valence-electron chi connectivity index (χ0n) is 15.4. The van der Waals surface area contributed by atoms with Crippen LogP contribution in [0.2, 0.25) is 0 Å². The molecule has 0 N–H and O–H groups in total. The summed E-state index contributed by atoms with van der Waals surface area (Å²) in [6, 6.07) is 5.98. The minimum atomic E-state index is 0.642. The van der Waals surface area contributed by atoms with Gasteiger partial charge in [-0.3, -0.25) is 0 Å². The van der Waals surface area contributed by atoms with E-state index < -0.39 is 0 Å². The number of aromatic nitrogens is 6. The lowest BCUT2D eigenvalue weighted by Gasteiger charge is -2.09. The van der Waals surface area contributed by atoms with E-state index in [0.717, 1.165) is 33.4 Å². The molecule has 6 nitrogen and oxygen atoms in total. The summed E-state index contributed by atoms with van der Waals surface area (Å²) in [6.45, 7) is 5.89. The van der Waals surface area contributed by atoms with E-state index in [2.05, 4.69) is 29.9 Å². The Balaban J connectivity index is 1.89. The summed E-state index contributed by atoms with van der Waals surface area (Å²) in [5.74, 6) is 1.92. The third-order valence-electron chi connectivity index (χ3n) is 4.05. The molecule has 0 atom stereocenters. The van der Waals surface area contributed by atoms with Crippen molar-refractivity contribution in [3.05, 3.63) is 72.1 Å². The summed E-state index contributed by atoms with van der Waals surface area (Å²) < 4.78 is 0. The Kier molecular flexibility index (Phi) is 4.38. The van der Waals surface area contributed by atoms with Crippen LogP contribution in [-0.4, -0.2) is 29.9 Å². The Morgan fingerprint density at radius 2 is 0.630 bits per heavy atom. The number of nitrogens with zero attached hydrogens (tertiary/aromatic N) is 6. The van der Waals surface area contributed by atoms with E-state index in [1.54, 1.807) is 37.2 Å². The topological polar surface area (TPSA) is 77.3 Å². The number of rotatable bonds is 3. The quantitative estimate of drug-likeness (QED) is 0.554. The van der Waals surface area contributed by atoms with E-state index in [4.69, 9.17) is 0 Å². The lowest BCUT2D eigenvalue weighted by atomic mass is 10.0. The zero-order valence-corrected chi connectivity index (χ0v) is 15.4. The van der Waals surface area contributed by atoms with Crippen molar-refractivity contribution in [2.45, 2.75) is 20.8 Å². The van der Waals surface area contributed by atoms with E-state index >= 15 is 0 Å². The highest BCUT2D eigenvalue weighted by atomic mass is 14.9. The minimum Gasteiger partial charge on any atom is -0.236 e. The molecule has 0 bridgehead atoms. The number of benzene rings is 1. The van der Waals surface area contributed by atoms with Gasteiger partial charge in [0, 0.05) is 53.9 Å². The molecule has 0 fully saturated rings. The number of hydrogen-bond donors (Lipinski definition) is 0. The van der Waals surface area contributed by atoms with Crippen molar-refractivity contribution in [3.8, 4) is 34.2 Å². The predicted octanol–water partition coefficient (Wildman–Crippen LogP) is 3.98. The molecule has 27 heavy (non-hydrogen) atoms. The first kappa shape index (κ1) is 16.9. The van der Waals surface area contributed by atoms with Crippen molar-refractivity contribution in [1.29, 1.82) is 0 Å². The highest BCUT2D eigenvalue weighted by molar-refractivity contribution is 5.74. The molecule has 0 aliphatic rings. The van der Waals surface area contributed by atoms with Crippen LogP contribution in [0.4, 0.5) is 0 Å². The molecule has 0 spiro atoms. The van der Waals surface area contributed by atoms with E-state index in [1.807, 2.05) is 39.0 Å². The van der Waals surface area contributed by atoms with Crippen molar-refractivity contribution in [2.24, 2.45) is 0 Å². The fourth-order valence-corrected chi connectivity index (χ4v) is 2.64. The molecule has 4 aromatic rings.